The van der Waals surface area contributed by atoms with Crippen LogP contribution in [0.3, 0.4) is 0 Å². The number of benzene rings is 1. The van der Waals surface area contributed by atoms with Crippen molar-refractivity contribution < 1.29 is 9.15 Å². The summed E-state index contributed by atoms with van der Waals surface area (Å²) in [5.41, 5.74) is 3.48. The van der Waals surface area contributed by atoms with Gasteiger partial charge < -0.3 is 14.5 Å². The molecule has 3 heteroatoms. The molecule has 3 nitrogen and oxygen atoms in total. The highest BCUT2D eigenvalue weighted by Gasteiger charge is 2.21. The van der Waals surface area contributed by atoms with Gasteiger partial charge in [0.2, 0.25) is 0 Å². The van der Waals surface area contributed by atoms with Gasteiger partial charge in [0.15, 0.2) is 0 Å². The normalized spacial score (nSPS) is 16.8. The Hall–Kier alpha value is -1.74. The zero-order chi connectivity index (χ0) is 13.9. The molecule has 20 heavy (non-hydrogen) atoms. The van der Waals surface area contributed by atoms with E-state index in [2.05, 4.69) is 37.4 Å². The first-order valence-corrected chi connectivity index (χ1v) is 7.32. The van der Waals surface area contributed by atoms with E-state index in [1.165, 1.54) is 16.5 Å². The van der Waals surface area contributed by atoms with Crippen LogP contribution in [0.4, 0.5) is 0 Å². The molecule has 0 saturated heterocycles. The molecule has 1 aromatic carbocycles. The fraction of sp³-hybridized carbons (Fsp3) is 0.412. The van der Waals surface area contributed by atoms with E-state index in [0.29, 0.717) is 0 Å². The molecule has 1 atom stereocenters. The summed E-state index contributed by atoms with van der Waals surface area (Å²) < 4.78 is 11.5. The Bertz CT molecular complexity index is 627. The minimum atomic E-state index is 0.119. The number of likely N-dealkylation sites (N-methyl/N-ethyl adjacent to an activating group) is 1. The van der Waals surface area contributed by atoms with Crippen LogP contribution >= 0.6 is 0 Å². The minimum absolute atomic E-state index is 0.119. The lowest BCUT2D eigenvalue weighted by atomic mass is 9.99. The molecular formula is C17H21NO2. The molecule has 0 saturated carbocycles. The van der Waals surface area contributed by atoms with Gasteiger partial charge in [0.1, 0.15) is 11.3 Å². The molecule has 0 amide bonds. The van der Waals surface area contributed by atoms with E-state index in [4.69, 9.17) is 9.15 Å². The number of aryl methyl sites for hydroxylation is 1. The van der Waals surface area contributed by atoms with Gasteiger partial charge in [0.25, 0.3) is 0 Å². The van der Waals surface area contributed by atoms with E-state index in [1.54, 1.807) is 0 Å². The highest BCUT2D eigenvalue weighted by Crippen LogP contribution is 2.31. The molecule has 1 aromatic heterocycles. The van der Waals surface area contributed by atoms with Gasteiger partial charge in [-0.05, 0) is 50.1 Å². The van der Waals surface area contributed by atoms with Gasteiger partial charge >= 0.3 is 0 Å². The molecule has 1 aliphatic heterocycles. The van der Waals surface area contributed by atoms with Crippen LogP contribution in [-0.4, -0.2) is 13.2 Å². The lowest BCUT2D eigenvalue weighted by Gasteiger charge is -2.22. The molecule has 0 fully saturated rings. The zero-order valence-corrected chi connectivity index (χ0v) is 12.1. The molecule has 0 radical (unpaired) electrons. The van der Waals surface area contributed by atoms with Crippen molar-refractivity contribution in [2.75, 3.05) is 13.2 Å². The highest BCUT2D eigenvalue weighted by molar-refractivity contribution is 5.78. The van der Waals surface area contributed by atoms with Crippen LogP contribution in [-0.2, 0) is 4.74 Å². The maximum absolute atomic E-state index is 6.03. The average Bonchev–Trinajstić information content (AvgIpc) is 2.88. The van der Waals surface area contributed by atoms with Crippen molar-refractivity contribution in [3.8, 4) is 0 Å². The number of rotatable bonds is 4. The summed E-state index contributed by atoms with van der Waals surface area (Å²) in [5.74, 6) is 0.976. The predicted octanol–water partition coefficient (Wildman–Crippen LogP) is 4.09. The van der Waals surface area contributed by atoms with Crippen molar-refractivity contribution in [1.82, 2.24) is 5.32 Å². The van der Waals surface area contributed by atoms with Crippen LogP contribution in [0.1, 0.15) is 37.1 Å². The molecule has 2 aromatic rings. The van der Waals surface area contributed by atoms with Crippen molar-refractivity contribution in [3.05, 3.63) is 47.4 Å². The first-order valence-electron chi connectivity index (χ1n) is 7.32. The van der Waals surface area contributed by atoms with E-state index in [9.17, 15) is 0 Å². The SMILES string of the molecule is CCNC(C1=COCCC1)c1cc2cc(C)ccc2o1. The zero-order valence-electron chi connectivity index (χ0n) is 12.1. The van der Waals surface area contributed by atoms with Crippen molar-refractivity contribution in [2.45, 2.75) is 32.7 Å². The van der Waals surface area contributed by atoms with Gasteiger partial charge in [-0.3, -0.25) is 0 Å². The van der Waals surface area contributed by atoms with Crippen LogP contribution < -0.4 is 5.32 Å². The maximum Gasteiger partial charge on any atom is 0.134 e. The first kappa shape index (κ1) is 13.3. The number of furan rings is 1. The van der Waals surface area contributed by atoms with Crippen molar-refractivity contribution >= 4 is 11.0 Å². The Labute approximate surface area is 119 Å². The molecule has 1 unspecified atom stereocenters. The molecule has 106 valence electrons. The van der Waals surface area contributed by atoms with Crippen LogP contribution in [0.2, 0.25) is 0 Å². The second-order valence-electron chi connectivity index (χ2n) is 5.35. The summed E-state index contributed by atoms with van der Waals surface area (Å²) >= 11 is 0. The number of fused-ring (bicyclic) bond motifs is 1. The van der Waals surface area contributed by atoms with Gasteiger partial charge in [-0.25, -0.2) is 0 Å². The average molecular weight is 271 g/mol. The molecule has 1 N–H and O–H groups in total. The summed E-state index contributed by atoms with van der Waals surface area (Å²) in [5, 5.41) is 4.67. The quantitative estimate of drug-likeness (QED) is 0.909. The van der Waals surface area contributed by atoms with E-state index >= 15 is 0 Å². The van der Waals surface area contributed by atoms with Gasteiger partial charge in [0.05, 0.1) is 18.9 Å². The van der Waals surface area contributed by atoms with Crippen LogP contribution in [0.15, 0.2) is 40.5 Å². The van der Waals surface area contributed by atoms with E-state index in [1.807, 2.05) is 12.3 Å². The Kier molecular flexibility index (Phi) is 3.79. The van der Waals surface area contributed by atoms with Gasteiger partial charge in [-0.1, -0.05) is 18.6 Å². The van der Waals surface area contributed by atoms with Gasteiger partial charge in [-0.2, -0.15) is 0 Å². The van der Waals surface area contributed by atoms with Crippen LogP contribution in [0.25, 0.3) is 11.0 Å². The monoisotopic (exact) mass is 271 g/mol. The fourth-order valence-electron chi connectivity index (χ4n) is 2.74. The molecular weight excluding hydrogens is 250 g/mol. The summed E-state index contributed by atoms with van der Waals surface area (Å²) in [6.07, 6.45) is 4.04. The highest BCUT2D eigenvalue weighted by atomic mass is 16.5. The third-order valence-electron chi connectivity index (χ3n) is 3.72. The Morgan fingerprint density at radius 3 is 2.95 bits per heavy atom. The Morgan fingerprint density at radius 2 is 2.20 bits per heavy atom. The number of ether oxygens (including phenoxy) is 1. The number of nitrogens with one attached hydrogen (secondary N) is 1. The van der Waals surface area contributed by atoms with Crippen LogP contribution in [0, 0.1) is 6.92 Å². The summed E-state index contributed by atoms with van der Waals surface area (Å²) in [7, 11) is 0. The van der Waals surface area contributed by atoms with E-state index in [0.717, 1.165) is 37.3 Å². The van der Waals surface area contributed by atoms with Crippen molar-refractivity contribution in [3.63, 3.8) is 0 Å². The second kappa shape index (κ2) is 5.71. The lowest BCUT2D eigenvalue weighted by molar-refractivity contribution is 0.218. The Morgan fingerprint density at radius 1 is 1.30 bits per heavy atom. The molecule has 0 spiro atoms. The minimum Gasteiger partial charge on any atom is -0.501 e. The predicted molar refractivity (Wildman–Crippen MR) is 80.6 cm³/mol. The lowest BCUT2D eigenvalue weighted by Crippen LogP contribution is -2.23. The molecule has 0 aliphatic carbocycles. The number of hydrogen-bond donors (Lipinski definition) is 1. The molecule has 0 bridgehead atoms. The molecule has 1 aliphatic rings. The third-order valence-corrected chi connectivity index (χ3v) is 3.72. The summed E-state index contributed by atoms with van der Waals surface area (Å²) in [4.78, 5) is 0. The van der Waals surface area contributed by atoms with Crippen molar-refractivity contribution in [1.29, 1.82) is 0 Å². The van der Waals surface area contributed by atoms with Crippen LogP contribution in [0.5, 0.6) is 0 Å². The standard InChI is InChI=1S/C17H21NO2/c1-3-18-17(13-5-4-8-19-11-13)16-10-14-9-12(2)6-7-15(14)20-16/h6-7,9-11,17-18H,3-5,8H2,1-2H3. The first-order chi connectivity index (χ1) is 9.78. The van der Waals surface area contributed by atoms with Crippen molar-refractivity contribution in [2.24, 2.45) is 0 Å². The molecule has 3 rings (SSSR count). The second-order valence-corrected chi connectivity index (χ2v) is 5.35. The number of hydrogen-bond acceptors (Lipinski definition) is 3. The summed E-state index contributed by atoms with van der Waals surface area (Å²) in [6, 6.07) is 8.56. The topological polar surface area (TPSA) is 34.4 Å². The van der Waals surface area contributed by atoms with Gasteiger partial charge in [0, 0.05) is 5.39 Å². The van der Waals surface area contributed by atoms with Gasteiger partial charge in [-0.15, -0.1) is 0 Å². The fourth-order valence-corrected chi connectivity index (χ4v) is 2.74. The van der Waals surface area contributed by atoms with E-state index < -0.39 is 0 Å². The Balaban J connectivity index is 1.98. The third kappa shape index (κ3) is 2.59. The smallest absolute Gasteiger partial charge is 0.134 e. The molecule has 2 heterocycles. The summed E-state index contributed by atoms with van der Waals surface area (Å²) in [6.45, 7) is 5.94. The maximum atomic E-state index is 6.03. The van der Waals surface area contributed by atoms with E-state index in [-0.39, 0.29) is 6.04 Å². The largest absolute Gasteiger partial charge is 0.501 e.